The number of piperidine rings is 1. The van der Waals surface area contributed by atoms with E-state index in [4.69, 9.17) is 0 Å². The Morgan fingerprint density at radius 3 is 3.00 bits per heavy atom. The van der Waals surface area contributed by atoms with Crippen LogP contribution in [0.1, 0.15) is 26.2 Å². The Bertz CT molecular complexity index is 256. The van der Waals surface area contributed by atoms with Gasteiger partial charge in [0.15, 0.2) is 0 Å². The summed E-state index contributed by atoms with van der Waals surface area (Å²) in [5, 5.41) is 3.20. The lowest BCUT2D eigenvalue weighted by Crippen LogP contribution is -2.52. The molecule has 1 fully saturated rings. The van der Waals surface area contributed by atoms with Crippen molar-refractivity contribution in [3.63, 3.8) is 0 Å². The van der Waals surface area contributed by atoms with Crippen LogP contribution >= 0.6 is 0 Å². The number of amides is 1. The number of ether oxygens (including phenoxy) is 1. The first-order valence-electron chi connectivity index (χ1n) is 5.78. The van der Waals surface area contributed by atoms with Gasteiger partial charge in [0.25, 0.3) is 0 Å². The van der Waals surface area contributed by atoms with Crippen LogP contribution in [0.25, 0.3) is 0 Å². The van der Waals surface area contributed by atoms with Gasteiger partial charge >= 0.3 is 5.97 Å². The normalized spacial score (nSPS) is 21.0. The number of rotatable bonds is 5. The van der Waals surface area contributed by atoms with E-state index in [9.17, 15) is 9.59 Å². The van der Waals surface area contributed by atoms with Gasteiger partial charge in [-0.3, -0.25) is 9.59 Å². The van der Waals surface area contributed by atoms with Crippen molar-refractivity contribution in [3.05, 3.63) is 0 Å². The van der Waals surface area contributed by atoms with E-state index in [0.717, 1.165) is 25.8 Å². The van der Waals surface area contributed by atoms with Gasteiger partial charge in [-0.2, -0.15) is 0 Å². The molecule has 1 amide bonds. The molecule has 5 nitrogen and oxygen atoms in total. The molecule has 5 heteroatoms. The lowest BCUT2D eigenvalue weighted by molar-refractivity contribution is -0.149. The summed E-state index contributed by atoms with van der Waals surface area (Å²) >= 11 is 0. The van der Waals surface area contributed by atoms with Crippen LogP contribution in [0.3, 0.4) is 0 Å². The Morgan fingerprint density at radius 2 is 2.38 bits per heavy atom. The van der Waals surface area contributed by atoms with E-state index < -0.39 is 0 Å². The zero-order valence-corrected chi connectivity index (χ0v) is 9.99. The molecule has 0 spiro atoms. The zero-order valence-electron chi connectivity index (χ0n) is 9.99. The molecule has 92 valence electrons. The monoisotopic (exact) mass is 228 g/mol. The first kappa shape index (κ1) is 13.0. The van der Waals surface area contributed by atoms with Crippen molar-refractivity contribution in [2.45, 2.75) is 32.2 Å². The lowest BCUT2D eigenvalue weighted by atomic mass is 10.0. The van der Waals surface area contributed by atoms with Crippen LogP contribution in [0.4, 0.5) is 0 Å². The van der Waals surface area contributed by atoms with Crippen LogP contribution in [-0.4, -0.2) is 49.6 Å². The maximum absolute atomic E-state index is 11.9. The summed E-state index contributed by atoms with van der Waals surface area (Å²) in [6, 6.07) is -0.127. The predicted octanol–water partition coefficient (Wildman–Crippen LogP) is 0.150. The molecule has 1 saturated heterocycles. The van der Waals surface area contributed by atoms with E-state index in [1.807, 2.05) is 0 Å². The second-order valence-electron chi connectivity index (χ2n) is 3.98. The van der Waals surface area contributed by atoms with Crippen molar-refractivity contribution in [2.24, 2.45) is 0 Å². The Balaban J connectivity index is 2.46. The Hall–Kier alpha value is -1.10. The molecular weight excluding hydrogens is 208 g/mol. The molecule has 1 heterocycles. The minimum atomic E-state index is -0.357. The predicted molar refractivity (Wildman–Crippen MR) is 59.9 cm³/mol. The quantitative estimate of drug-likeness (QED) is 0.680. The SMILES string of the molecule is CCCNC1CCCN(CC(=O)OC)C1=O. The highest BCUT2D eigenvalue weighted by Gasteiger charge is 2.29. The maximum atomic E-state index is 11.9. The van der Waals surface area contributed by atoms with E-state index in [-0.39, 0.29) is 24.5 Å². The molecule has 0 aliphatic carbocycles. The molecule has 0 aromatic carbocycles. The fourth-order valence-corrected chi connectivity index (χ4v) is 1.83. The van der Waals surface area contributed by atoms with Crippen LogP contribution in [0.2, 0.25) is 0 Å². The number of methoxy groups -OCH3 is 1. The summed E-state index contributed by atoms with van der Waals surface area (Å²) in [6.45, 7) is 3.62. The highest BCUT2D eigenvalue weighted by Crippen LogP contribution is 2.11. The third-order valence-electron chi connectivity index (χ3n) is 2.72. The van der Waals surface area contributed by atoms with Crippen LogP contribution in [0.15, 0.2) is 0 Å². The van der Waals surface area contributed by atoms with E-state index in [1.54, 1.807) is 4.90 Å². The van der Waals surface area contributed by atoms with Gasteiger partial charge in [0.05, 0.1) is 13.2 Å². The molecule has 1 atom stereocenters. The summed E-state index contributed by atoms with van der Waals surface area (Å²) < 4.78 is 4.56. The molecule has 0 saturated carbocycles. The van der Waals surface area contributed by atoms with Gasteiger partial charge in [-0.15, -0.1) is 0 Å². The summed E-state index contributed by atoms with van der Waals surface area (Å²) in [7, 11) is 1.34. The van der Waals surface area contributed by atoms with Gasteiger partial charge in [-0.25, -0.2) is 0 Å². The number of nitrogens with zero attached hydrogens (tertiary/aromatic N) is 1. The number of likely N-dealkylation sites (tertiary alicyclic amines) is 1. The molecule has 1 unspecified atom stereocenters. The fourth-order valence-electron chi connectivity index (χ4n) is 1.83. The zero-order chi connectivity index (χ0) is 12.0. The molecule has 1 N–H and O–H groups in total. The minimum Gasteiger partial charge on any atom is -0.468 e. The fraction of sp³-hybridized carbons (Fsp3) is 0.818. The van der Waals surface area contributed by atoms with Crippen molar-refractivity contribution in [3.8, 4) is 0 Å². The van der Waals surface area contributed by atoms with Crippen molar-refractivity contribution in [1.82, 2.24) is 10.2 Å². The summed E-state index contributed by atoms with van der Waals surface area (Å²) in [6.07, 6.45) is 2.79. The largest absolute Gasteiger partial charge is 0.468 e. The molecule has 0 aromatic rings. The molecule has 0 bridgehead atoms. The minimum absolute atomic E-state index is 0.0186. The van der Waals surface area contributed by atoms with Gasteiger partial charge < -0.3 is 15.0 Å². The highest BCUT2D eigenvalue weighted by molar-refractivity contribution is 5.86. The van der Waals surface area contributed by atoms with Gasteiger partial charge in [-0.1, -0.05) is 6.92 Å². The van der Waals surface area contributed by atoms with Crippen molar-refractivity contribution < 1.29 is 14.3 Å². The van der Waals surface area contributed by atoms with Crippen LogP contribution in [0, 0.1) is 0 Å². The van der Waals surface area contributed by atoms with E-state index in [2.05, 4.69) is 17.0 Å². The molecule has 1 aliphatic heterocycles. The maximum Gasteiger partial charge on any atom is 0.325 e. The third-order valence-corrected chi connectivity index (χ3v) is 2.72. The average Bonchev–Trinajstić information content (AvgIpc) is 2.30. The molecule has 0 radical (unpaired) electrons. The van der Waals surface area contributed by atoms with Gasteiger partial charge in [0.2, 0.25) is 5.91 Å². The number of hydrogen-bond donors (Lipinski definition) is 1. The van der Waals surface area contributed by atoms with Gasteiger partial charge in [0.1, 0.15) is 6.54 Å². The highest BCUT2D eigenvalue weighted by atomic mass is 16.5. The van der Waals surface area contributed by atoms with E-state index in [0.29, 0.717) is 6.54 Å². The standard InChI is InChI=1S/C11H20N2O3/c1-3-6-12-9-5-4-7-13(11(9)15)8-10(14)16-2/h9,12H,3-8H2,1-2H3. The number of esters is 1. The smallest absolute Gasteiger partial charge is 0.325 e. The van der Waals surface area contributed by atoms with Crippen LogP contribution in [-0.2, 0) is 14.3 Å². The number of carbonyl (C=O) groups is 2. The Kier molecular flexibility index (Phi) is 5.25. The van der Waals surface area contributed by atoms with Gasteiger partial charge in [-0.05, 0) is 25.8 Å². The summed E-state index contributed by atoms with van der Waals surface area (Å²) in [5.74, 6) is -0.338. The number of carbonyl (C=O) groups excluding carboxylic acids is 2. The first-order chi connectivity index (χ1) is 7.69. The molecule has 16 heavy (non-hydrogen) atoms. The molecule has 0 aromatic heterocycles. The van der Waals surface area contributed by atoms with Gasteiger partial charge in [0, 0.05) is 6.54 Å². The van der Waals surface area contributed by atoms with E-state index >= 15 is 0 Å². The molecule has 1 rings (SSSR count). The van der Waals surface area contributed by atoms with Crippen LogP contribution in [0.5, 0.6) is 0 Å². The Morgan fingerprint density at radius 1 is 1.62 bits per heavy atom. The van der Waals surface area contributed by atoms with E-state index in [1.165, 1.54) is 7.11 Å². The molecule has 1 aliphatic rings. The molecular formula is C11H20N2O3. The van der Waals surface area contributed by atoms with Crippen molar-refractivity contribution in [2.75, 3.05) is 26.7 Å². The van der Waals surface area contributed by atoms with Crippen LogP contribution < -0.4 is 5.32 Å². The first-order valence-corrected chi connectivity index (χ1v) is 5.78. The van der Waals surface area contributed by atoms with Crippen molar-refractivity contribution >= 4 is 11.9 Å². The average molecular weight is 228 g/mol. The number of hydrogen-bond acceptors (Lipinski definition) is 4. The Labute approximate surface area is 96.1 Å². The summed E-state index contributed by atoms with van der Waals surface area (Å²) in [4.78, 5) is 24.6. The second kappa shape index (κ2) is 6.48. The van der Waals surface area contributed by atoms with Crippen molar-refractivity contribution in [1.29, 1.82) is 0 Å². The number of nitrogens with one attached hydrogen (secondary N) is 1. The summed E-state index contributed by atoms with van der Waals surface area (Å²) in [5.41, 5.74) is 0. The third kappa shape index (κ3) is 3.48. The lowest BCUT2D eigenvalue weighted by Gasteiger charge is -2.31. The topological polar surface area (TPSA) is 58.6 Å². The second-order valence-corrected chi connectivity index (χ2v) is 3.98.